The van der Waals surface area contributed by atoms with E-state index in [1.165, 1.54) is 12.8 Å². The predicted octanol–water partition coefficient (Wildman–Crippen LogP) is 3.56. The molecule has 2 rings (SSSR count). The fraction of sp³-hybridized carbons (Fsp3) is 0.533. The molecule has 4 nitrogen and oxygen atoms in total. The fourth-order valence-corrected chi connectivity index (χ4v) is 3.01. The van der Waals surface area contributed by atoms with E-state index in [0.717, 1.165) is 19.5 Å². The van der Waals surface area contributed by atoms with Crippen LogP contribution in [0.1, 0.15) is 25.7 Å². The van der Waals surface area contributed by atoms with E-state index in [0.29, 0.717) is 34.7 Å². The maximum atomic E-state index is 12.0. The van der Waals surface area contributed by atoms with Crippen molar-refractivity contribution in [3.05, 3.63) is 28.2 Å². The van der Waals surface area contributed by atoms with Crippen molar-refractivity contribution in [2.45, 2.75) is 31.7 Å². The van der Waals surface area contributed by atoms with Gasteiger partial charge in [-0.25, -0.2) is 0 Å². The first-order valence-corrected chi connectivity index (χ1v) is 8.05. The lowest BCUT2D eigenvalue weighted by atomic mass is 10.0. The highest BCUT2D eigenvalue weighted by Crippen LogP contribution is 2.25. The largest absolute Gasteiger partial charge is 0.329 e. The molecular formula is C15H22Cl3N3O. The van der Waals surface area contributed by atoms with E-state index in [9.17, 15) is 4.79 Å². The van der Waals surface area contributed by atoms with Gasteiger partial charge in [-0.15, -0.1) is 12.4 Å². The van der Waals surface area contributed by atoms with Gasteiger partial charge in [-0.3, -0.25) is 9.69 Å². The third-order valence-electron chi connectivity index (χ3n) is 3.85. The number of likely N-dealkylation sites (tertiary alicyclic amines) is 1. The first-order valence-electron chi connectivity index (χ1n) is 7.29. The summed E-state index contributed by atoms with van der Waals surface area (Å²) in [6, 6.07) is 5.43. The molecule has 0 aliphatic carbocycles. The minimum Gasteiger partial charge on any atom is -0.329 e. The molecule has 0 saturated carbocycles. The summed E-state index contributed by atoms with van der Waals surface area (Å²) in [5.74, 6) is -0.0551. The monoisotopic (exact) mass is 365 g/mol. The predicted molar refractivity (Wildman–Crippen MR) is 95.2 cm³/mol. The standard InChI is InChI=1S/C15H21Cl2N3O.ClH/c16-11-4-5-13(17)14(9-11)19-15(21)6-8-20-7-2-1-3-12(20)10-18;/h4-5,9,12H,1-3,6-8,10,18H2,(H,19,21);1H. The zero-order chi connectivity index (χ0) is 15.2. The van der Waals surface area contributed by atoms with Crippen molar-refractivity contribution < 1.29 is 4.79 Å². The summed E-state index contributed by atoms with van der Waals surface area (Å²) in [6.07, 6.45) is 3.96. The maximum absolute atomic E-state index is 12.0. The van der Waals surface area contributed by atoms with Gasteiger partial charge in [0.25, 0.3) is 0 Å². The Balaban J connectivity index is 0.00000242. The van der Waals surface area contributed by atoms with Gasteiger partial charge in [-0.1, -0.05) is 29.6 Å². The van der Waals surface area contributed by atoms with Crippen molar-refractivity contribution in [1.29, 1.82) is 0 Å². The van der Waals surface area contributed by atoms with Crippen molar-refractivity contribution in [2.75, 3.05) is 25.0 Å². The molecule has 1 aromatic rings. The summed E-state index contributed by atoms with van der Waals surface area (Å²) in [7, 11) is 0. The lowest BCUT2D eigenvalue weighted by Gasteiger charge is -2.34. The van der Waals surface area contributed by atoms with Crippen molar-refractivity contribution in [2.24, 2.45) is 5.73 Å². The molecule has 1 aliphatic rings. The summed E-state index contributed by atoms with van der Waals surface area (Å²) in [5.41, 5.74) is 6.34. The van der Waals surface area contributed by atoms with Crippen LogP contribution in [0.5, 0.6) is 0 Å². The van der Waals surface area contributed by atoms with Crippen molar-refractivity contribution in [3.63, 3.8) is 0 Å². The van der Waals surface area contributed by atoms with Crippen LogP contribution in [0.2, 0.25) is 10.0 Å². The molecule has 1 fully saturated rings. The number of piperidine rings is 1. The molecule has 0 spiro atoms. The number of amides is 1. The van der Waals surface area contributed by atoms with Crippen LogP contribution in [-0.2, 0) is 4.79 Å². The highest BCUT2D eigenvalue weighted by atomic mass is 35.5. The molecule has 1 aromatic carbocycles. The number of carbonyl (C=O) groups is 1. The number of nitrogens with two attached hydrogens (primary N) is 1. The normalized spacial score (nSPS) is 18.6. The Morgan fingerprint density at radius 2 is 2.14 bits per heavy atom. The zero-order valence-corrected chi connectivity index (χ0v) is 14.7. The van der Waals surface area contributed by atoms with Crippen molar-refractivity contribution in [3.8, 4) is 0 Å². The highest BCUT2D eigenvalue weighted by molar-refractivity contribution is 6.35. The van der Waals surface area contributed by atoms with E-state index in [1.807, 2.05) is 0 Å². The van der Waals surface area contributed by atoms with Gasteiger partial charge in [0.2, 0.25) is 5.91 Å². The number of halogens is 3. The van der Waals surface area contributed by atoms with Gasteiger partial charge in [0.1, 0.15) is 0 Å². The second-order valence-corrected chi connectivity index (χ2v) is 6.19. The van der Waals surface area contributed by atoms with Crippen LogP contribution in [0.4, 0.5) is 5.69 Å². The van der Waals surface area contributed by atoms with Crippen LogP contribution < -0.4 is 11.1 Å². The zero-order valence-electron chi connectivity index (χ0n) is 12.4. The third kappa shape index (κ3) is 5.60. The van der Waals surface area contributed by atoms with Crippen molar-refractivity contribution >= 4 is 47.2 Å². The van der Waals surface area contributed by atoms with Crippen LogP contribution in [0.3, 0.4) is 0 Å². The number of carbonyl (C=O) groups excluding carboxylic acids is 1. The maximum Gasteiger partial charge on any atom is 0.225 e. The van der Waals surface area contributed by atoms with Crippen molar-refractivity contribution in [1.82, 2.24) is 4.90 Å². The van der Waals surface area contributed by atoms with Crippen LogP contribution in [0.25, 0.3) is 0 Å². The second-order valence-electron chi connectivity index (χ2n) is 5.34. The summed E-state index contributed by atoms with van der Waals surface area (Å²) in [4.78, 5) is 14.4. The van der Waals surface area contributed by atoms with Gasteiger partial charge in [0.15, 0.2) is 0 Å². The molecule has 1 heterocycles. The van der Waals surface area contributed by atoms with Crippen LogP contribution in [0.15, 0.2) is 18.2 Å². The van der Waals surface area contributed by atoms with E-state index in [2.05, 4.69) is 10.2 Å². The van der Waals surface area contributed by atoms with E-state index < -0.39 is 0 Å². The van der Waals surface area contributed by atoms with Gasteiger partial charge >= 0.3 is 0 Å². The quantitative estimate of drug-likeness (QED) is 0.837. The first kappa shape index (κ1) is 19.5. The number of anilines is 1. The number of rotatable bonds is 5. The topological polar surface area (TPSA) is 58.4 Å². The van der Waals surface area contributed by atoms with Gasteiger partial charge in [-0.2, -0.15) is 0 Å². The van der Waals surface area contributed by atoms with E-state index in [1.54, 1.807) is 18.2 Å². The van der Waals surface area contributed by atoms with Gasteiger partial charge in [0.05, 0.1) is 10.7 Å². The Bertz CT molecular complexity index is 499. The Hall–Kier alpha value is -0.520. The molecule has 1 saturated heterocycles. The summed E-state index contributed by atoms with van der Waals surface area (Å²) < 4.78 is 0. The molecule has 124 valence electrons. The Kier molecular flexibility index (Phi) is 8.50. The van der Waals surface area contributed by atoms with Gasteiger partial charge in [-0.05, 0) is 37.6 Å². The molecule has 7 heteroatoms. The molecule has 22 heavy (non-hydrogen) atoms. The minimum absolute atomic E-state index is 0. The number of nitrogens with one attached hydrogen (secondary N) is 1. The molecule has 3 N–H and O–H groups in total. The van der Waals surface area contributed by atoms with Crippen LogP contribution >= 0.6 is 35.6 Å². The lowest BCUT2D eigenvalue weighted by Crippen LogP contribution is -2.45. The van der Waals surface area contributed by atoms with Gasteiger partial charge in [0, 0.05) is 30.6 Å². The number of benzene rings is 1. The Labute approximate surface area is 147 Å². The second kappa shape index (κ2) is 9.58. The average Bonchev–Trinajstić information content (AvgIpc) is 2.49. The third-order valence-corrected chi connectivity index (χ3v) is 4.41. The fourth-order valence-electron chi connectivity index (χ4n) is 2.67. The summed E-state index contributed by atoms with van der Waals surface area (Å²) in [6.45, 7) is 2.40. The highest BCUT2D eigenvalue weighted by Gasteiger charge is 2.21. The molecule has 1 aliphatic heterocycles. The Morgan fingerprint density at radius 1 is 1.36 bits per heavy atom. The number of hydrogen-bond acceptors (Lipinski definition) is 3. The van der Waals surface area contributed by atoms with E-state index >= 15 is 0 Å². The summed E-state index contributed by atoms with van der Waals surface area (Å²) in [5, 5.41) is 3.85. The molecule has 0 bridgehead atoms. The van der Waals surface area contributed by atoms with Gasteiger partial charge < -0.3 is 11.1 Å². The summed E-state index contributed by atoms with van der Waals surface area (Å²) >= 11 is 11.9. The minimum atomic E-state index is -0.0551. The molecular weight excluding hydrogens is 345 g/mol. The molecule has 1 amide bonds. The lowest BCUT2D eigenvalue weighted by molar-refractivity contribution is -0.116. The van der Waals surface area contributed by atoms with E-state index in [-0.39, 0.29) is 18.3 Å². The smallest absolute Gasteiger partial charge is 0.225 e. The molecule has 0 radical (unpaired) electrons. The van der Waals surface area contributed by atoms with Crippen LogP contribution in [-0.4, -0.2) is 36.5 Å². The molecule has 0 aromatic heterocycles. The van der Waals surface area contributed by atoms with Crippen LogP contribution in [0, 0.1) is 0 Å². The average molecular weight is 367 g/mol. The molecule has 1 unspecified atom stereocenters. The molecule has 1 atom stereocenters. The first-order chi connectivity index (χ1) is 10.1. The number of nitrogens with zero attached hydrogens (tertiary/aromatic N) is 1. The number of hydrogen-bond donors (Lipinski definition) is 2. The Morgan fingerprint density at radius 3 is 2.86 bits per heavy atom. The SMILES string of the molecule is Cl.NCC1CCCCN1CCC(=O)Nc1cc(Cl)ccc1Cl. The van der Waals surface area contributed by atoms with E-state index in [4.69, 9.17) is 28.9 Å².